The van der Waals surface area contributed by atoms with Crippen LogP contribution in [0, 0.1) is 13.8 Å². The van der Waals surface area contributed by atoms with Gasteiger partial charge in [0.05, 0.1) is 11.4 Å². The van der Waals surface area contributed by atoms with Crippen LogP contribution in [0.4, 0.5) is 0 Å². The molecule has 2 heterocycles. The number of aromatic nitrogens is 3. The predicted octanol–water partition coefficient (Wildman–Crippen LogP) is 1.35. The monoisotopic (exact) mass is 271 g/mol. The van der Waals surface area contributed by atoms with Gasteiger partial charge in [0.2, 0.25) is 5.89 Å². The Morgan fingerprint density at radius 1 is 1.28 bits per heavy atom. The zero-order valence-electron chi connectivity index (χ0n) is 10.2. The summed E-state index contributed by atoms with van der Waals surface area (Å²) in [6, 6.07) is 1.59. The first-order valence-electron chi connectivity index (χ1n) is 5.32. The molecule has 7 nitrogen and oxygen atoms in total. The van der Waals surface area contributed by atoms with E-state index in [9.17, 15) is 8.42 Å². The third kappa shape index (κ3) is 2.58. The maximum Gasteiger partial charge on any atom is 0.244 e. The normalized spacial score (nSPS) is 13.7. The van der Waals surface area contributed by atoms with Crippen LogP contribution in [-0.2, 0) is 15.6 Å². The van der Waals surface area contributed by atoms with E-state index < -0.39 is 15.1 Å². The summed E-state index contributed by atoms with van der Waals surface area (Å²) in [5.41, 5.74) is 0.371. The van der Waals surface area contributed by atoms with Gasteiger partial charge >= 0.3 is 0 Å². The van der Waals surface area contributed by atoms with Gasteiger partial charge in [-0.05, 0) is 20.8 Å². The Hall–Kier alpha value is -1.70. The molecule has 0 aliphatic carbocycles. The fraction of sp³-hybridized carbons (Fsp3) is 0.500. The molecule has 0 spiro atoms. The van der Waals surface area contributed by atoms with Crippen LogP contribution in [0.2, 0.25) is 0 Å². The van der Waals surface area contributed by atoms with Crippen molar-refractivity contribution in [2.45, 2.75) is 31.8 Å². The second-order valence-electron chi connectivity index (χ2n) is 4.06. The van der Waals surface area contributed by atoms with E-state index in [-0.39, 0.29) is 11.6 Å². The van der Waals surface area contributed by atoms with Crippen molar-refractivity contribution < 1.29 is 17.5 Å². The average molecular weight is 271 g/mol. The molecule has 1 atom stereocenters. The highest BCUT2D eigenvalue weighted by Gasteiger charge is 2.28. The predicted molar refractivity (Wildman–Crippen MR) is 61.3 cm³/mol. The second-order valence-corrected chi connectivity index (χ2v) is 6.38. The van der Waals surface area contributed by atoms with Gasteiger partial charge in [-0.2, -0.15) is 4.98 Å². The van der Waals surface area contributed by atoms with Crippen LogP contribution in [0.3, 0.4) is 0 Å². The van der Waals surface area contributed by atoms with E-state index in [4.69, 9.17) is 9.05 Å². The van der Waals surface area contributed by atoms with E-state index in [1.807, 2.05) is 0 Å². The maximum atomic E-state index is 12.1. The molecular formula is C10H13N3O4S. The van der Waals surface area contributed by atoms with Crippen molar-refractivity contribution in [3.05, 3.63) is 29.2 Å². The van der Waals surface area contributed by atoms with Gasteiger partial charge in [0.1, 0.15) is 11.0 Å². The number of hydrogen-bond donors (Lipinski definition) is 0. The van der Waals surface area contributed by atoms with Crippen LogP contribution in [0.25, 0.3) is 0 Å². The van der Waals surface area contributed by atoms with Crippen molar-refractivity contribution in [1.29, 1.82) is 0 Å². The molecule has 0 saturated carbocycles. The zero-order valence-corrected chi connectivity index (χ0v) is 11.1. The van der Waals surface area contributed by atoms with Crippen LogP contribution < -0.4 is 0 Å². The quantitative estimate of drug-likeness (QED) is 0.827. The summed E-state index contributed by atoms with van der Waals surface area (Å²) >= 11 is 0. The largest absolute Gasteiger partial charge is 0.361 e. The summed E-state index contributed by atoms with van der Waals surface area (Å²) < 4.78 is 33.9. The van der Waals surface area contributed by atoms with E-state index in [0.717, 1.165) is 0 Å². The van der Waals surface area contributed by atoms with E-state index in [1.54, 1.807) is 19.9 Å². The van der Waals surface area contributed by atoms with Crippen LogP contribution in [0.5, 0.6) is 0 Å². The number of rotatable bonds is 4. The first-order valence-corrected chi connectivity index (χ1v) is 7.04. The molecule has 2 aromatic rings. The summed E-state index contributed by atoms with van der Waals surface area (Å²) in [5, 5.41) is 6.37. The number of nitrogens with zero attached hydrogens (tertiary/aromatic N) is 3. The highest BCUT2D eigenvalue weighted by atomic mass is 32.2. The maximum absolute atomic E-state index is 12.1. The minimum atomic E-state index is -3.46. The summed E-state index contributed by atoms with van der Waals surface area (Å²) in [4.78, 5) is 3.92. The molecule has 0 amide bonds. The fourth-order valence-electron chi connectivity index (χ4n) is 1.45. The highest BCUT2D eigenvalue weighted by Crippen LogP contribution is 2.23. The summed E-state index contributed by atoms with van der Waals surface area (Å²) in [6.07, 6.45) is 0. The van der Waals surface area contributed by atoms with Gasteiger partial charge in [0.25, 0.3) is 0 Å². The van der Waals surface area contributed by atoms with Gasteiger partial charge in [-0.3, -0.25) is 0 Å². The lowest BCUT2D eigenvalue weighted by Crippen LogP contribution is -2.13. The summed E-state index contributed by atoms with van der Waals surface area (Å²) in [5.74, 6) is 0.853. The molecule has 98 valence electrons. The molecule has 8 heteroatoms. The van der Waals surface area contributed by atoms with Gasteiger partial charge in [0, 0.05) is 6.07 Å². The van der Waals surface area contributed by atoms with Crippen LogP contribution in [-0.4, -0.2) is 23.7 Å². The summed E-state index contributed by atoms with van der Waals surface area (Å²) in [6.45, 7) is 4.84. The van der Waals surface area contributed by atoms with Gasteiger partial charge in [-0.25, -0.2) is 8.42 Å². The molecule has 0 bridgehead atoms. The van der Waals surface area contributed by atoms with Crippen molar-refractivity contribution >= 4 is 9.84 Å². The van der Waals surface area contributed by atoms with E-state index in [1.165, 1.54) is 6.92 Å². The molecule has 1 unspecified atom stereocenters. The standard InChI is InChI=1S/C10H13N3O4S/c1-6-4-9(13-16-6)5-18(14,15)7(2)10-11-8(3)12-17-10/h4,7H,5H2,1-3H3. The third-order valence-corrected chi connectivity index (χ3v) is 4.43. The lowest BCUT2D eigenvalue weighted by Gasteiger charge is -2.06. The minimum Gasteiger partial charge on any atom is -0.361 e. The number of sulfone groups is 1. The Bertz CT molecular complexity index is 644. The molecule has 0 radical (unpaired) electrons. The second kappa shape index (κ2) is 4.52. The molecule has 0 aliphatic rings. The zero-order chi connectivity index (χ0) is 13.3. The Labute approximate surface area is 104 Å². The molecular weight excluding hydrogens is 258 g/mol. The van der Waals surface area contributed by atoms with Crippen LogP contribution in [0.1, 0.15) is 35.3 Å². The summed E-state index contributed by atoms with van der Waals surface area (Å²) in [7, 11) is -3.46. The smallest absolute Gasteiger partial charge is 0.244 e. The first kappa shape index (κ1) is 12.7. The van der Waals surface area contributed by atoms with Crippen LogP contribution in [0.15, 0.2) is 15.1 Å². The van der Waals surface area contributed by atoms with Crippen LogP contribution >= 0.6 is 0 Å². The van der Waals surface area contributed by atoms with Gasteiger partial charge < -0.3 is 9.05 Å². The van der Waals surface area contributed by atoms with Gasteiger partial charge in [-0.1, -0.05) is 10.3 Å². The topological polar surface area (TPSA) is 99.1 Å². The number of aryl methyl sites for hydroxylation is 2. The highest BCUT2D eigenvalue weighted by molar-refractivity contribution is 7.90. The minimum absolute atomic E-state index is 0.0905. The molecule has 2 aromatic heterocycles. The van der Waals surface area contributed by atoms with Crippen molar-refractivity contribution in [2.24, 2.45) is 0 Å². The lowest BCUT2D eigenvalue weighted by atomic mass is 10.4. The van der Waals surface area contributed by atoms with Gasteiger partial charge in [-0.15, -0.1) is 0 Å². The fourth-order valence-corrected chi connectivity index (χ4v) is 2.65. The molecule has 2 rings (SSSR count). The molecule has 0 saturated heterocycles. The van der Waals surface area contributed by atoms with E-state index >= 15 is 0 Å². The SMILES string of the molecule is Cc1noc(C(C)S(=O)(=O)Cc2cc(C)on2)n1. The Morgan fingerprint density at radius 3 is 2.50 bits per heavy atom. The average Bonchev–Trinajstić information content (AvgIpc) is 2.86. The molecule has 0 N–H and O–H groups in total. The third-order valence-electron chi connectivity index (χ3n) is 2.46. The van der Waals surface area contributed by atoms with Crippen molar-refractivity contribution in [3.8, 4) is 0 Å². The van der Waals surface area contributed by atoms with Crippen molar-refractivity contribution in [1.82, 2.24) is 15.3 Å². The Morgan fingerprint density at radius 2 is 2.00 bits per heavy atom. The first-order chi connectivity index (χ1) is 8.38. The number of hydrogen-bond acceptors (Lipinski definition) is 7. The molecule has 0 aromatic carbocycles. The lowest BCUT2D eigenvalue weighted by molar-refractivity contribution is 0.372. The Balaban J connectivity index is 2.20. The van der Waals surface area contributed by atoms with Gasteiger partial charge in [0.15, 0.2) is 15.7 Å². The van der Waals surface area contributed by atoms with E-state index in [0.29, 0.717) is 17.3 Å². The molecule has 0 aliphatic heterocycles. The molecule has 18 heavy (non-hydrogen) atoms. The Kier molecular flexibility index (Phi) is 3.20. The molecule has 0 fully saturated rings. The van der Waals surface area contributed by atoms with Crippen molar-refractivity contribution in [3.63, 3.8) is 0 Å². The van der Waals surface area contributed by atoms with E-state index in [2.05, 4.69) is 15.3 Å². The van der Waals surface area contributed by atoms with Crippen molar-refractivity contribution in [2.75, 3.05) is 0 Å².